The highest BCUT2D eigenvalue weighted by Crippen LogP contribution is 2.32. The minimum Gasteiger partial charge on any atom is -0.370 e. The van der Waals surface area contributed by atoms with Crippen molar-refractivity contribution in [1.29, 1.82) is 0 Å². The van der Waals surface area contributed by atoms with Crippen molar-refractivity contribution in [2.75, 3.05) is 44.7 Å². The number of thiophene rings is 1. The summed E-state index contributed by atoms with van der Waals surface area (Å²) in [6, 6.07) is 16.3. The van der Waals surface area contributed by atoms with Crippen molar-refractivity contribution in [3.63, 3.8) is 0 Å². The van der Waals surface area contributed by atoms with Crippen LogP contribution in [0.4, 0.5) is 5.82 Å². The maximum atomic E-state index is 13.8. The number of fused-ring (bicyclic) bond motifs is 4. The predicted octanol–water partition coefficient (Wildman–Crippen LogP) is 3.15. The molecule has 0 spiro atoms. The zero-order chi connectivity index (χ0) is 23.8. The second-order valence-corrected chi connectivity index (χ2v) is 9.99. The van der Waals surface area contributed by atoms with Crippen molar-refractivity contribution in [2.45, 2.75) is 13.3 Å². The molecule has 2 N–H and O–H groups in total. The normalized spacial score (nSPS) is 14.8. The SMILES string of the molecule is Cc1ccc(-c2csc3nc4c5ccccc5c(NCCC[NH+]5CCOCC5)nn4c(=O)c23)cc1. The first-order valence-electron chi connectivity index (χ1n) is 12.1. The fraction of sp³-hybridized carbons (Fsp3) is 0.296. The largest absolute Gasteiger partial charge is 0.370 e. The molecule has 3 aromatic heterocycles. The van der Waals surface area contributed by atoms with Crippen molar-refractivity contribution in [1.82, 2.24) is 14.6 Å². The quantitative estimate of drug-likeness (QED) is 0.285. The molecule has 1 fully saturated rings. The van der Waals surface area contributed by atoms with Gasteiger partial charge in [-0.15, -0.1) is 16.4 Å². The van der Waals surface area contributed by atoms with Crippen LogP contribution in [0, 0.1) is 6.92 Å². The van der Waals surface area contributed by atoms with Crippen molar-refractivity contribution >= 4 is 43.8 Å². The number of nitrogens with zero attached hydrogens (tertiary/aromatic N) is 3. The molecule has 0 atom stereocenters. The molecular weight excluding hydrogens is 458 g/mol. The van der Waals surface area contributed by atoms with Gasteiger partial charge >= 0.3 is 0 Å². The molecule has 0 bridgehead atoms. The third-order valence-corrected chi connectivity index (χ3v) is 7.64. The molecule has 1 aliphatic heterocycles. The third kappa shape index (κ3) is 4.18. The smallest absolute Gasteiger partial charge is 0.283 e. The Hall–Kier alpha value is -3.33. The molecule has 0 amide bonds. The monoisotopic (exact) mass is 486 g/mol. The molecule has 0 aliphatic carbocycles. The molecule has 5 aromatic rings. The van der Waals surface area contributed by atoms with Crippen LogP contribution < -0.4 is 15.8 Å². The second kappa shape index (κ2) is 9.37. The molecule has 178 valence electrons. The van der Waals surface area contributed by atoms with E-state index in [1.54, 1.807) is 4.90 Å². The lowest BCUT2D eigenvalue weighted by Crippen LogP contribution is -3.14. The topological polar surface area (TPSA) is 73.0 Å². The van der Waals surface area contributed by atoms with Crippen LogP contribution in [0.25, 0.3) is 37.8 Å². The summed E-state index contributed by atoms with van der Waals surface area (Å²) in [6.45, 7) is 7.78. The number of quaternary nitrogens is 1. The van der Waals surface area contributed by atoms with Gasteiger partial charge < -0.3 is 15.0 Å². The minimum absolute atomic E-state index is 0.131. The van der Waals surface area contributed by atoms with E-state index in [4.69, 9.17) is 14.8 Å². The molecule has 2 aromatic carbocycles. The molecule has 0 radical (unpaired) electrons. The fourth-order valence-electron chi connectivity index (χ4n) is 4.82. The van der Waals surface area contributed by atoms with Gasteiger partial charge in [0.1, 0.15) is 17.9 Å². The van der Waals surface area contributed by atoms with E-state index in [-0.39, 0.29) is 5.56 Å². The Kier molecular flexibility index (Phi) is 5.93. The highest BCUT2D eigenvalue weighted by atomic mass is 32.1. The number of nitrogens with one attached hydrogen (secondary N) is 2. The van der Waals surface area contributed by atoms with Gasteiger partial charge in [0.25, 0.3) is 5.56 Å². The van der Waals surface area contributed by atoms with Gasteiger partial charge in [-0.2, -0.15) is 4.52 Å². The summed E-state index contributed by atoms with van der Waals surface area (Å²) in [5.41, 5.74) is 3.58. The zero-order valence-corrected chi connectivity index (χ0v) is 20.5. The number of benzene rings is 2. The number of ether oxygens (including phenoxy) is 1. The van der Waals surface area contributed by atoms with Gasteiger partial charge in [-0.25, -0.2) is 4.98 Å². The van der Waals surface area contributed by atoms with E-state index in [1.165, 1.54) is 21.4 Å². The van der Waals surface area contributed by atoms with Gasteiger partial charge in [0.2, 0.25) is 0 Å². The van der Waals surface area contributed by atoms with E-state index in [0.717, 1.165) is 78.4 Å². The lowest BCUT2D eigenvalue weighted by molar-refractivity contribution is -0.908. The third-order valence-electron chi connectivity index (χ3n) is 6.77. The van der Waals surface area contributed by atoms with Gasteiger partial charge in [0.05, 0.1) is 25.1 Å². The molecular formula is C27H28N5O2S+. The average molecular weight is 487 g/mol. The van der Waals surface area contributed by atoms with Crippen LogP contribution in [0.2, 0.25) is 0 Å². The number of hydrogen-bond donors (Lipinski definition) is 2. The summed E-state index contributed by atoms with van der Waals surface area (Å²) in [6.07, 6.45) is 1.03. The molecule has 6 rings (SSSR count). The first-order chi connectivity index (χ1) is 17.2. The Morgan fingerprint density at radius 3 is 2.66 bits per heavy atom. The van der Waals surface area contributed by atoms with Crippen molar-refractivity contribution in [3.8, 4) is 11.1 Å². The van der Waals surface area contributed by atoms with E-state index in [9.17, 15) is 4.79 Å². The van der Waals surface area contributed by atoms with Crippen LogP contribution in [0.15, 0.2) is 58.7 Å². The summed E-state index contributed by atoms with van der Waals surface area (Å²) < 4.78 is 6.93. The first kappa shape index (κ1) is 22.2. The molecule has 8 heteroatoms. The summed E-state index contributed by atoms with van der Waals surface area (Å²) >= 11 is 1.51. The van der Waals surface area contributed by atoms with E-state index in [2.05, 4.69) is 36.5 Å². The number of rotatable bonds is 6. The summed E-state index contributed by atoms with van der Waals surface area (Å²) in [7, 11) is 0. The highest BCUT2D eigenvalue weighted by Gasteiger charge is 2.18. The van der Waals surface area contributed by atoms with Gasteiger partial charge in [-0.1, -0.05) is 54.1 Å². The number of hydrogen-bond acceptors (Lipinski definition) is 6. The number of aromatic nitrogens is 3. The molecule has 0 saturated carbocycles. The van der Waals surface area contributed by atoms with Crippen LogP contribution in [-0.4, -0.2) is 54.0 Å². The van der Waals surface area contributed by atoms with E-state index in [0.29, 0.717) is 11.0 Å². The van der Waals surface area contributed by atoms with E-state index in [1.807, 2.05) is 29.6 Å². The lowest BCUT2D eigenvalue weighted by Gasteiger charge is -2.23. The van der Waals surface area contributed by atoms with Crippen LogP contribution in [-0.2, 0) is 4.74 Å². The number of anilines is 1. The maximum absolute atomic E-state index is 13.8. The van der Waals surface area contributed by atoms with Crippen LogP contribution in [0.5, 0.6) is 0 Å². The Labute approximate surface area is 207 Å². The van der Waals surface area contributed by atoms with Crippen LogP contribution in [0.3, 0.4) is 0 Å². The molecule has 1 aliphatic rings. The zero-order valence-electron chi connectivity index (χ0n) is 19.7. The molecule has 1 saturated heterocycles. The maximum Gasteiger partial charge on any atom is 0.283 e. The number of morpholine rings is 1. The second-order valence-electron chi connectivity index (χ2n) is 9.13. The van der Waals surface area contributed by atoms with Crippen LogP contribution in [0.1, 0.15) is 12.0 Å². The predicted molar refractivity (Wildman–Crippen MR) is 142 cm³/mol. The standard InChI is InChI=1S/C27H27N5O2S/c1-18-7-9-19(10-8-18)22-17-35-26-23(22)27(33)32-25(29-26)21-6-3-2-5-20(21)24(30-32)28-11-4-12-31-13-15-34-16-14-31/h2-3,5-10,17H,4,11-16H2,1H3,(H,28,30)/p+1. The Morgan fingerprint density at radius 1 is 1.09 bits per heavy atom. The van der Waals surface area contributed by atoms with E-state index >= 15 is 0 Å². The highest BCUT2D eigenvalue weighted by molar-refractivity contribution is 7.17. The minimum atomic E-state index is -0.131. The molecule has 7 nitrogen and oxygen atoms in total. The fourth-order valence-corrected chi connectivity index (χ4v) is 5.76. The first-order valence-corrected chi connectivity index (χ1v) is 13.0. The molecule has 35 heavy (non-hydrogen) atoms. The Bertz CT molecular complexity index is 1570. The summed E-state index contributed by atoms with van der Waals surface area (Å²) in [4.78, 5) is 21.0. The van der Waals surface area contributed by atoms with Crippen molar-refractivity contribution < 1.29 is 9.64 Å². The molecule has 0 unspecified atom stereocenters. The Morgan fingerprint density at radius 2 is 1.86 bits per heavy atom. The lowest BCUT2D eigenvalue weighted by atomic mass is 10.1. The van der Waals surface area contributed by atoms with Gasteiger partial charge in [-0.3, -0.25) is 4.79 Å². The van der Waals surface area contributed by atoms with Gasteiger partial charge in [-0.05, 0) is 12.5 Å². The van der Waals surface area contributed by atoms with Crippen LogP contribution >= 0.6 is 11.3 Å². The van der Waals surface area contributed by atoms with Crippen molar-refractivity contribution in [3.05, 3.63) is 69.8 Å². The average Bonchev–Trinajstić information content (AvgIpc) is 3.32. The Balaban J connectivity index is 1.40. The summed E-state index contributed by atoms with van der Waals surface area (Å²) in [5, 5.41) is 12.8. The van der Waals surface area contributed by atoms with Crippen molar-refractivity contribution in [2.24, 2.45) is 0 Å². The molecule has 4 heterocycles. The van der Waals surface area contributed by atoms with E-state index < -0.39 is 0 Å². The van der Waals surface area contributed by atoms with Gasteiger partial charge in [0.15, 0.2) is 11.5 Å². The van der Waals surface area contributed by atoms with Gasteiger partial charge in [0, 0.05) is 34.7 Å². The number of aryl methyl sites for hydroxylation is 1. The summed E-state index contributed by atoms with van der Waals surface area (Å²) in [5.74, 6) is 0.723.